The van der Waals surface area contributed by atoms with E-state index >= 15 is 0 Å². The van der Waals surface area contributed by atoms with Crippen LogP contribution in [-0.4, -0.2) is 48.7 Å². The first kappa shape index (κ1) is 26.4. The first-order valence-electron chi connectivity index (χ1n) is 12.9. The molecule has 2 fully saturated rings. The molecule has 0 spiro atoms. The second-order valence-corrected chi connectivity index (χ2v) is 9.72. The van der Waals surface area contributed by atoms with Crippen LogP contribution < -0.4 is 20.1 Å². The SMILES string of the molecule is O=C(NCCNC(=O)c1ccc(F)c(OCC2CCC2)c1)c1ccc(OC2CCC(C(=O)O)CC2)cc1. The topological polar surface area (TPSA) is 114 Å². The van der Waals surface area contributed by atoms with Crippen LogP contribution in [0.5, 0.6) is 11.5 Å². The van der Waals surface area contributed by atoms with Gasteiger partial charge in [-0.05, 0) is 86.9 Å². The predicted octanol–water partition coefficient (Wildman–Crippen LogP) is 4.19. The van der Waals surface area contributed by atoms with E-state index in [0.717, 1.165) is 12.8 Å². The Morgan fingerprint density at radius 2 is 1.49 bits per heavy atom. The van der Waals surface area contributed by atoms with E-state index in [2.05, 4.69) is 10.6 Å². The number of rotatable bonds is 11. The van der Waals surface area contributed by atoms with Crippen molar-refractivity contribution in [1.82, 2.24) is 10.6 Å². The molecule has 0 atom stereocenters. The molecule has 0 bridgehead atoms. The second-order valence-electron chi connectivity index (χ2n) is 9.72. The highest BCUT2D eigenvalue weighted by atomic mass is 19.1. The summed E-state index contributed by atoms with van der Waals surface area (Å²) < 4.78 is 25.5. The van der Waals surface area contributed by atoms with Gasteiger partial charge >= 0.3 is 5.97 Å². The predicted molar refractivity (Wildman–Crippen MR) is 134 cm³/mol. The average molecular weight is 513 g/mol. The number of halogens is 1. The number of aliphatic carboxylic acids is 1. The Bertz CT molecular complexity index is 1090. The molecular formula is C28H33FN2O6. The lowest BCUT2D eigenvalue weighted by Crippen LogP contribution is -2.34. The zero-order valence-electron chi connectivity index (χ0n) is 20.7. The van der Waals surface area contributed by atoms with Crippen LogP contribution >= 0.6 is 0 Å². The largest absolute Gasteiger partial charge is 0.490 e. The Balaban J connectivity index is 1.17. The molecule has 0 saturated heterocycles. The van der Waals surface area contributed by atoms with Crippen molar-refractivity contribution in [3.63, 3.8) is 0 Å². The fraction of sp³-hybridized carbons (Fsp3) is 0.464. The molecule has 2 aliphatic carbocycles. The third-order valence-corrected chi connectivity index (χ3v) is 7.03. The van der Waals surface area contributed by atoms with Crippen molar-refractivity contribution in [2.45, 2.75) is 51.0 Å². The maximum atomic E-state index is 14.0. The average Bonchev–Trinajstić information content (AvgIpc) is 2.87. The number of ether oxygens (including phenoxy) is 2. The Morgan fingerprint density at radius 3 is 2.08 bits per heavy atom. The quantitative estimate of drug-likeness (QED) is 0.389. The highest BCUT2D eigenvalue weighted by Gasteiger charge is 2.27. The van der Waals surface area contributed by atoms with Gasteiger partial charge in [0.1, 0.15) is 5.75 Å². The van der Waals surface area contributed by atoms with Crippen LogP contribution in [0.1, 0.15) is 65.7 Å². The summed E-state index contributed by atoms with van der Waals surface area (Å²) in [5.74, 6) is -1.02. The minimum atomic E-state index is -0.748. The standard InChI is InChI=1S/C28H33FN2O6/c29-24-13-8-21(16-25(24)36-17-18-2-1-3-18)27(33)31-15-14-30-26(32)19-4-9-22(10-5-19)37-23-11-6-20(7-12-23)28(34)35/h4-5,8-10,13,16,18,20,23H,1-3,6-7,11-12,14-15,17H2,(H,30,32)(H,31,33)(H,34,35). The highest BCUT2D eigenvalue weighted by molar-refractivity contribution is 5.95. The molecule has 37 heavy (non-hydrogen) atoms. The maximum absolute atomic E-state index is 14.0. The van der Waals surface area contributed by atoms with Gasteiger partial charge in [-0.25, -0.2) is 4.39 Å². The molecule has 0 heterocycles. The van der Waals surface area contributed by atoms with Gasteiger partial charge in [-0.15, -0.1) is 0 Å². The van der Waals surface area contributed by atoms with E-state index in [-0.39, 0.29) is 42.7 Å². The number of hydrogen-bond donors (Lipinski definition) is 3. The number of carboxylic acid groups (broad SMARTS) is 1. The van der Waals surface area contributed by atoms with E-state index in [1.165, 1.54) is 24.6 Å². The lowest BCUT2D eigenvalue weighted by molar-refractivity contribution is -0.143. The minimum absolute atomic E-state index is 0.0228. The molecule has 2 aromatic rings. The van der Waals surface area contributed by atoms with Crippen LogP contribution in [-0.2, 0) is 4.79 Å². The summed E-state index contributed by atoms with van der Waals surface area (Å²) in [7, 11) is 0. The molecule has 0 unspecified atom stereocenters. The van der Waals surface area contributed by atoms with Crippen molar-refractivity contribution in [3.05, 3.63) is 59.4 Å². The number of benzene rings is 2. The zero-order valence-corrected chi connectivity index (χ0v) is 20.7. The molecule has 3 N–H and O–H groups in total. The molecule has 2 aromatic carbocycles. The summed E-state index contributed by atoms with van der Waals surface area (Å²) in [5, 5.41) is 14.6. The third kappa shape index (κ3) is 7.44. The van der Waals surface area contributed by atoms with Gasteiger partial charge in [0.05, 0.1) is 18.6 Å². The van der Waals surface area contributed by atoms with Gasteiger partial charge < -0.3 is 25.2 Å². The summed E-state index contributed by atoms with van der Waals surface area (Å²) in [6.45, 7) is 0.886. The number of amides is 2. The van der Waals surface area contributed by atoms with E-state index in [1.807, 2.05) is 0 Å². The van der Waals surface area contributed by atoms with Gasteiger partial charge in [-0.3, -0.25) is 14.4 Å². The Labute approximate surface area is 215 Å². The van der Waals surface area contributed by atoms with Crippen LogP contribution in [0, 0.1) is 17.7 Å². The van der Waals surface area contributed by atoms with Crippen LogP contribution in [0.4, 0.5) is 4.39 Å². The summed E-state index contributed by atoms with van der Waals surface area (Å²) >= 11 is 0. The Hall–Kier alpha value is -3.62. The number of carbonyl (C=O) groups is 3. The molecule has 4 rings (SSSR count). The number of carbonyl (C=O) groups excluding carboxylic acids is 2. The summed E-state index contributed by atoms with van der Waals surface area (Å²) in [6, 6.07) is 10.8. The van der Waals surface area contributed by atoms with Crippen molar-refractivity contribution in [1.29, 1.82) is 0 Å². The van der Waals surface area contributed by atoms with Gasteiger partial charge in [0.25, 0.3) is 11.8 Å². The monoisotopic (exact) mass is 512 g/mol. The van der Waals surface area contributed by atoms with Crippen molar-refractivity contribution in [2.75, 3.05) is 19.7 Å². The molecule has 2 amide bonds. The first-order valence-corrected chi connectivity index (χ1v) is 12.9. The summed E-state index contributed by atoms with van der Waals surface area (Å²) in [4.78, 5) is 35.9. The maximum Gasteiger partial charge on any atom is 0.306 e. The van der Waals surface area contributed by atoms with Crippen molar-refractivity contribution >= 4 is 17.8 Å². The molecule has 9 heteroatoms. The fourth-order valence-electron chi connectivity index (χ4n) is 4.48. The second kappa shape index (κ2) is 12.6. The zero-order chi connectivity index (χ0) is 26.2. The third-order valence-electron chi connectivity index (χ3n) is 7.03. The molecule has 2 saturated carbocycles. The Morgan fingerprint density at radius 1 is 0.865 bits per heavy atom. The van der Waals surface area contributed by atoms with Crippen LogP contribution in [0.2, 0.25) is 0 Å². The van der Waals surface area contributed by atoms with Crippen molar-refractivity contribution in [3.8, 4) is 11.5 Å². The minimum Gasteiger partial charge on any atom is -0.490 e. The smallest absolute Gasteiger partial charge is 0.306 e. The summed E-state index contributed by atoms with van der Waals surface area (Å²) in [5.41, 5.74) is 0.753. The molecule has 2 aliphatic rings. The molecule has 198 valence electrons. The highest BCUT2D eigenvalue weighted by Crippen LogP contribution is 2.29. The van der Waals surface area contributed by atoms with Crippen LogP contribution in [0.25, 0.3) is 0 Å². The molecule has 0 aliphatic heterocycles. The van der Waals surface area contributed by atoms with E-state index in [9.17, 15) is 18.8 Å². The first-order chi connectivity index (χ1) is 17.9. The normalized spacial score (nSPS) is 19.4. The van der Waals surface area contributed by atoms with E-state index < -0.39 is 11.8 Å². The van der Waals surface area contributed by atoms with E-state index in [1.54, 1.807) is 24.3 Å². The lowest BCUT2D eigenvalue weighted by atomic mass is 9.86. The van der Waals surface area contributed by atoms with Gasteiger partial charge in [0.15, 0.2) is 11.6 Å². The van der Waals surface area contributed by atoms with Crippen LogP contribution in [0.15, 0.2) is 42.5 Å². The van der Waals surface area contributed by atoms with E-state index in [4.69, 9.17) is 14.6 Å². The summed E-state index contributed by atoms with van der Waals surface area (Å²) in [6.07, 6.45) is 5.92. The van der Waals surface area contributed by atoms with Gasteiger partial charge in [-0.1, -0.05) is 6.42 Å². The van der Waals surface area contributed by atoms with Crippen molar-refractivity contribution in [2.24, 2.45) is 11.8 Å². The molecule has 0 aromatic heterocycles. The molecular weight excluding hydrogens is 479 g/mol. The fourth-order valence-corrected chi connectivity index (χ4v) is 4.48. The molecule has 0 radical (unpaired) electrons. The Kier molecular flexibility index (Phi) is 8.98. The number of carboxylic acids is 1. The van der Waals surface area contributed by atoms with Gasteiger partial charge in [0.2, 0.25) is 0 Å². The molecule has 8 nitrogen and oxygen atoms in total. The van der Waals surface area contributed by atoms with Crippen LogP contribution in [0.3, 0.4) is 0 Å². The number of nitrogens with one attached hydrogen (secondary N) is 2. The van der Waals surface area contributed by atoms with Gasteiger partial charge in [-0.2, -0.15) is 0 Å². The number of hydrogen-bond acceptors (Lipinski definition) is 5. The van der Waals surface area contributed by atoms with Crippen molar-refractivity contribution < 1.29 is 33.4 Å². The van der Waals surface area contributed by atoms with E-state index in [0.29, 0.717) is 55.1 Å². The van der Waals surface area contributed by atoms with Gasteiger partial charge in [0, 0.05) is 24.2 Å². The lowest BCUT2D eigenvalue weighted by Gasteiger charge is -2.26.